The van der Waals surface area contributed by atoms with Crippen LogP contribution in [0.15, 0.2) is 47.5 Å². The zero-order valence-electron chi connectivity index (χ0n) is 13.9. The van der Waals surface area contributed by atoms with Gasteiger partial charge in [0, 0.05) is 11.4 Å². The third kappa shape index (κ3) is 4.56. The summed E-state index contributed by atoms with van der Waals surface area (Å²) in [6, 6.07) is 11.7. The Labute approximate surface area is 146 Å². The number of carbonyl (C=O) groups is 1. The SMILES string of the molecule is NC(=NCC(=O)Nc1ccc(F)cc1)Nc1cccc2c1CCCC2. The second kappa shape index (κ2) is 7.79. The second-order valence-electron chi connectivity index (χ2n) is 6.03. The Bertz CT molecular complexity index is 787. The Balaban J connectivity index is 1.59. The molecule has 0 bridgehead atoms. The van der Waals surface area contributed by atoms with Gasteiger partial charge in [-0.25, -0.2) is 9.38 Å². The van der Waals surface area contributed by atoms with Gasteiger partial charge in [-0.15, -0.1) is 0 Å². The van der Waals surface area contributed by atoms with E-state index in [2.05, 4.69) is 21.7 Å². The largest absolute Gasteiger partial charge is 0.370 e. The summed E-state index contributed by atoms with van der Waals surface area (Å²) in [5.41, 5.74) is 10.0. The topological polar surface area (TPSA) is 79.5 Å². The van der Waals surface area contributed by atoms with E-state index in [1.54, 1.807) is 0 Å². The highest BCUT2D eigenvalue weighted by molar-refractivity contribution is 5.97. The molecule has 0 fully saturated rings. The number of anilines is 2. The summed E-state index contributed by atoms with van der Waals surface area (Å²) >= 11 is 0. The van der Waals surface area contributed by atoms with Gasteiger partial charge in [-0.3, -0.25) is 4.79 Å². The number of amides is 1. The van der Waals surface area contributed by atoms with Crippen molar-refractivity contribution in [3.63, 3.8) is 0 Å². The summed E-state index contributed by atoms with van der Waals surface area (Å²) in [6.45, 7) is -0.106. The number of nitrogens with two attached hydrogens (primary N) is 1. The summed E-state index contributed by atoms with van der Waals surface area (Å²) in [7, 11) is 0. The van der Waals surface area contributed by atoms with Gasteiger partial charge in [-0.1, -0.05) is 12.1 Å². The molecule has 0 unspecified atom stereocenters. The highest BCUT2D eigenvalue weighted by Crippen LogP contribution is 2.27. The summed E-state index contributed by atoms with van der Waals surface area (Å²) < 4.78 is 12.8. The lowest BCUT2D eigenvalue weighted by Crippen LogP contribution is -2.26. The lowest BCUT2D eigenvalue weighted by molar-refractivity contribution is -0.114. The van der Waals surface area contributed by atoms with Gasteiger partial charge in [0.05, 0.1) is 0 Å². The van der Waals surface area contributed by atoms with Gasteiger partial charge in [0.1, 0.15) is 12.4 Å². The number of rotatable bonds is 4. The van der Waals surface area contributed by atoms with E-state index in [0.717, 1.165) is 18.5 Å². The fraction of sp³-hybridized carbons (Fsp3) is 0.263. The van der Waals surface area contributed by atoms with Gasteiger partial charge in [0.2, 0.25) is 5.91 Å². The van der Waals surface area contributed by atoms with Gasteiger partial charge in [0.25, 0.3) is 0 Å². The minimum absolute atomic E-state index is 0.106. The summed E-state index contributed by atoms with van der Waals surface area (Å²) in [5, 5.41) is 5.74. The summed E-state index contributed by atoms with van der Waals surface area (Å²) in [4.78, 5) is 16.0. The molecule has 0 aliphatic heterocycles. The van der Waals surface area contributed by atoms with Crippen molar-refractivity contribution in [2.45, 2.75) is 25.7 Å². The molecule has 0 saturated carbocycles. The molecule has 0 saturated heterocycles. The third-order valence-corrected chi connectivity index (χ3v) is 4.18. The van der Waals surface area contributed by atoms with Gasteiger partial charge in [-0.05, 0) is 67.1 Å². The van der Waals surface area contributed by atoms with E-state index < -0.39 is 0 Å². The Morgan fingerprint density at radius 1 is 1.08 bits per heavy atom. The van der Waals surface area contributed by atoms with Crippen LogP contribution in [0.3, 0.4) is 0 Å². The first-order valence-electron chi connectivity index (χ1n) is 8.35. The molecule has 3 rings (SSSR count). The summed E-state index contributed by atoms with van der Waals surface area (Å²) in [6.07, 6.45) is 4.49. The normalized spacial score (nSPS) is 13.9. The van der Waals surface area contributed by atoms with Crippen LogP contribution in [-0.4, -0.2) is 18.4 Å². The fourth-order valence-electron chi connectivity index (χ4n) is 2.97. The zero-order chi connectivity index (χ0) is 17.6. The van der Waals surface area contributed by atoms with Crippen molar-refractivity contribution in [3.05, 3.63) is 59.4 Å². The van der Waals surface area contributed by atoms with E-state index in [1.807, 2.05) is 12.1 Å². The lowest BCUT2D eigenvalue weighted by Gasteiger charge is -2.19. The number of benzene rings is 2. The molecule has 5 nitrogen and oxygen atoms in total. The van der Waals surface area contributed by atoms with Crippen LogP contribution in [-0.2, 0) is 17.6 Å². The van der Waals surface area contributed by atoms with E-state index >= 15 is 0 Å². The minimum Gasteiger partial charge on any atom is -0.370 e. The molecule has 0 radical (unpaired) electrons. The molecular formula is C19H21FN4O. The molecule has 6 heteroatoms. The van der Waals surface area contributed by atoms with Crippen molar-refractivity contribution >= 4 is 23.2 Å². The molecule has 2 aromatic rings. The summed E-state index contributed by atoms with van der Waals surface area (Å²) in [5.74, 6) is -0.463. The number of hydrogen-bond donors (Lipinski definition) is 3. The number of hydrogen-bond acceptors (Lipinski definition) is 2. The van der Waals surface area contributed by atoms with E-state index in [-0.39, 0.29) is 24.2 Å². The van der Waals surface area contributed by atoms with Crippen LogP contribution in [0.5, 0.6) is 0 Å². The maximum Gasteiger partial charge on any atom is 0.246 e. The fourth-order valence-corrected chi connectivity index (χ4v) is 2.97. The van der Waals surface area contributed by atoms with E-state index in [9.17, 15) is 9.18 Å². The van der Waals surface area contributed by atoms with Crippen LogP contribution in [0.2, 0.25) is 0 Å². The standard InChI is InChI=1S/C19H21FN4O/c20-14-8-10-15(11-9-14)23-18(25)12-22-19(21)24-17-7-3-5-13-4-1-2-6-16(13)17/h3,5,7-11H,1-2,4,6,12H2,(H,23,25)(H3,21,22,24). The molecule has 1 aliphatic rings. The second-order valence-corrected chi connectivity index (χ2v) is 6.03. The maximum absolute atomic E-state index is 12.8. The van der Waals surface area contributed by atoms with Crippen molar-refractivity contribution in [3.8, 4) is 0 Å². The van der Waals surface area contributed by atoms with Crippen LogP contribution >= 0.6 is 0 Å². The molecule has 0 aromatic heterocycles. The molecule has 0 spiro atoms. The van der Waals surface area contributed by atoms with Crippen LogP contribution in [0.1, 0.15) is 24.0 Å². The van der Waals surface area contributed by atoms with E-state index in [1.165, 1.54) is 48.2 Å². The molecule has 25 heavy (non-hydrogen) atoms. The first kappa shape index (κ1) is 17.0. The molecule has 130 valence electrons. The van der Waals surface area contributed by atoms with Crippen molar-refractivity contribution in [2.75, 3.05) is 17.2 Å². The lowest BCUT2D eigenvalue weighted by atomic mass is 9.90. The Hall–Kier alpha value is -2.89. The molecule has 1 aliphatic carbocycles. The first-order chi connectivity index (χ1) is 12.1. The Morgan fingerprint density at radius 3 is 2.64 bits per heavy atom. The Kier molecular flexibility index (Phi) is 5.28. The average Bonchev–Trinajstić information content (AvgIpc) is 2.62. The average molecular weight is 340 g/mol. The monoisotopic (exact) mass is 340 g/mol. The number of fused-ring (bicyclic) bond motifs is 1. The minimum atomic E-state index is -0.351. The molecule has 2 aromatic carbocycles. The quantitative estimate of drug-likeness (QED) is 0.591. The van der Waals surface area contributed by atoms with Gasteiger partial charge < -0.3 is 16.4 Å². The Morgan fingerprint density at radius 2 is 1.84 bits per heavy atom. The van der Waals surface area contributed by atoms with Crippen LogP contribution < -0.4 is 16.4 Å². The number of halogens is 1. The molecule has 0 atom stereocenters. The molecule has 0 heterocycles. The first-order valence-corrected chi connectivity index (χ1v) is 8.35. The highest BCUT2D eigenvalue weighted by atomic mass is 19.1. The zero-order valence-corrected chi connectivity index (χ0v) is 13.9. The molecule has 4 N–H and O–H groups in total. The predicted octanol–water partition coefficient (Wildman–Crippen LogP) is 3.07. The third-order valence-electron chi connectivity index (χ3n) is 4.18. The number of guanidine groups is 1. The van der Waals surface area contributed by atoms with Crippen molar-refractivity contribution in [2.24, 2.45) is 10.7 Å². The molecule has 1 amide bonds. The van der Waals surface area contributed by atoms with Crippen LogP contribution in [0, 0.1) is 5.82 Å². The van der Waals surface area contributed by atoms with Crippen LogP contribution in [0.4, 0.5) is 15.8 Å². The smallest absolute Gasteiger partial charge is 0.246 e. The van der Waals surface area contributed by atoms with Gasteiger partial charge in [-0.2, -0.15) is 0 Å². The number of nitrogens with zero attached hydrogens (tertiary/aromatic N) is 1. The molecular weight excluding hydrogens is 319 g/mol. The number of nitrogens with one attached hydrogen (secondary N) is 2. The van der Waals surface area contributed by atoms with Gasteiger partial charge >= 0.3 is 0 Å². The maximum atomic E-state index is 12.8. The van der Waals surface area contributed by atoms with Crippen LogP contribution in [0.25, 0.3) is 0 Å². The van der Waals surface area contributed by atoms with E-state index in [4.69, 9.17) is 5.73 Å². The van der Waals surface area contributed by atoms with Gasteiger partial charge in [0.15, 0.2) is 5.96 Å². The van der Waals surface area contributed by atoms with Crippen molar-refractivity contribution in [1.82, 2.24) is 0 Å². The number of carbonyl (C=O) groups excluding carboxylic acids is 1. The van der Waals surface area contributed by atoms with E-state index in [0.29, 0.717) is 5.69 Å². The van der Waals surface area contributed by atoms with Crippen molar-refractivity contribution in [1.29, 1.82) is 0 Å². The predicted molar refractivity (Wildman–Crippen MR) is 98.2 cm³/mol. The highest BCUT2D eigenvalue weighted by Gasteiger charge is 2.13. The van der Waals surface area contributed by atoms with Crippen molar-refractivity contribution < 1.29 is 9.18 Å². The number of aliphatic imine (C=N–C) groups is 1. The number of aryl methyl sites for hydroxylation is 1.